The second kappa shape index (κ2) is 6.58. The molecule has 6 heteroatoms. The van der Waals surface area contributed by atoms with Crippen LogP contribution < -0.4 is 10.1 Å². The average molecular weight is 299 g/mol. The first-order valence-corrected chi connectivity index (χ1v) is 6.32. The standard InChI is InChI=1S/C15H13F4NO/c1-2-20-8-9-5-12(18)15(13(19)6-9)21-14-4-3-10(16)7-11(14)17/h3-7,20H,2,8H2,1H3. The van der Waals surface area contributed by atoms with Crippen LogP contribution in [0.3, 0.4) is 0 Å². The highest BCUT2D eigenvalue weighted by Gasteiger charge is 2.16. The fourth-order valence-corrected chi connectivity index (χ4v) is 1.75. The Hall–Kier alpha value is -2.08. The third-order valence-corrected chi connectivity index (χ3v) is 2.74. The summed E-state index contributed by atoms with van der Waals surface area (Å²) in [6.45, 7) is 2.82. The molecule has 0 spiro atoms. The summed E-state index contributed by atoms with van der Waals surface area (Å²) in [6, 6.07) is 4.68. The Kier molecular flexibility index (Phi) is 4.80. The molecule has 0 amide bonds. The summed E-state index contributed by atoms with van der Waals surface area (Å²) in [4.78, 5) is 0. The highest BCUT2D eigenvalue weighted by molar-refractivity contribution is 5.36. The number of benzene rings is 2. The van der Waals surface area contributed by atoms with Crippen molar-refractivity contribution in [3.05, 3.63) is 59.2 Å². The lowest BCUT2D eigenvalue weighted by atomic mass is 10.2. The molecule has 0 fully saturated rings. The van der Waals surface area contributed by atoms with Gasteiger partial charge >= 0.3 is 0 Å². The second-order valence-electron chi connectivity index (χ2n) is 4.35. The van der Waals surface area contributed by atoms with Crippen LogP contribution in [0.1, 0.15) is 12.5 Å². The molecule has 2 nitrogen and oxygen atoms in total. The van der Waals surface area contributed by atoms with E-state index in [9.17, 15) is 17.6 Å². The second-order valence-corrected chi connectivity index (χ2v) is 4.35. The Balaban J connectivity index is 2.27. The summed E-state index contributed by atoms with van der Waals surface area (Å²) in [6.07, 6.45) is 0. The Morgan fingerprint density at radius 3 is 2.19 bits per heavy atom. The number of nitrogens with one attached hydrogen (secondary N) is 1. The Morgan fingerprint density at radius 2 is 1.62 bits per heavy atom. The summed E-state index contributed by atoms with van der Waals surface area (Å²) >= 11 is 0. The van der Waals surface area contributed by atoms with E-state index in [1.807, 2.05) is 6.92 Å². The van der Waals surface area contributed by atoms with Gasteiger partial charge in [-0.3, -0.25) is 0 Å². The van der Waals surface area contributed by atoms with Crippen molar-refractivity contribution >= 4 is 0 Å². The lowest BCUT2D eigenvalue weighted by molar-refractivity contribution is 0.384. The van der Waals surface area contributed by atoms with E-state index >= 15 is 0 Å². The summed E-state index contributed by atoms with van der Waals surface area (Å²) < 4.78 is 58.8. The van der Waals surface area contributed by atoms with Crippen molar-refractivity contribution in [1.82, 2.24) is 5.32 Å². The molecule has 21 heavy (non-hydrogen) atoms. The molecule has 2 rings (SSSR count). The summed E-state index contributed by atoms with van der Waals surface area (Å²) in [5.41, 5.74) is 0.402. The van der Waals surface area contributed by atoms with E-state index in [-0.39, 0.29) is 0 Å². The monoisotopic (exact) mass is 299 g/mol. The van der Waals surface area contributed by atoms with Crippen LogP contribution in [0.4, 0.5) is 17.6 Å². The number of hydrogen-bond donors (Lipinski definition) is 1. The van der Waals surface area contributed by atoms with Gasteiger partial charge in [-0.15, -0.1) is 0 Å². The van der Waals surface area contributed by atoms with Gasteiger partial charge in [-0.05, 0) is 36.4 Å². The zero-order valence-electron chi connectivity index (χ0n) is 11.2. The molecule has 0 saturated carbocycles. The molecule has 0 unspecified atom stereocenters. The van der Waals surface area contributed by atoms with Crippen LogP contribution in [-0.2, 0) is 6.54 Å². The molecule has 1 N–H and O–H groups in total. The maximum atomic E-state index is 13.8. The molecule has 0 atom stereocenters. The minimum absolute atomic E-state index is 0.301. The highest BCUT2D eigenvalue weighted by atomic mass is 19.1. The number of hydrogen-bond acceptors (Lipinski definition) is 2. The lowest BCUT2D eigenvalue weighted by Gasteiger charge is -2.10. The molecule has 0 aliphatic heterocycles. The summed E-state index contributed by atoms with van der Waals surface area (Å²) in [5.74, 6) is -4.92. The maximum absolute atomic E-state index is 13.8. The molecule has 0 saturated heterocycles. The van der Waals surface area contributed by atoms with Crippen molar-refractivity contribution in [2.24, 2.45) is 0 Å². The topological polar surface area (TPSA) is 21.3 Å². The van der Waals surface area contributed by atoms with Crippen LogP contribution in [0.5, 0.6) is 11.5 Å². The van der Waals surface area contributed by atoms with E-state index in [0.29, 0.717) is 24.7 Å². The molecule has 0 aromatic heterocycles. The van der Waals surface area contributed by atoms with Crippen molar-refractivity contribution in [3.8, 4) is 11.5 Å². The third kappa shape index (κ3) is 3.72. The van der Waals surface area contributed by atoms with Crippen LogP contribution in [0, 0.1) is 23.3 Å². The quantitative estimate of drug-likeness (QED) is 0.838. The van der Waals surface area contributed by atoms with Crippen molar-refractivity contribution in [3.63, 3.8) is 0 Å². The van der Waals surface area contributed by atoms with Gasteiger partial charge in [-0.2, -0.15) is 0 Å². The fraction of sp³-hybridized carbons (Fsp3) is 0.200. The maximum Gasteiger partial charge on any atom is 0.198 e. The van der Waals surface area contributed by atoms with Crippen LogP contribution in [0.25, 0.3) is 0 Å². The molecule has 0 radical (unpaired) electrons. The number of halogens is 4. The zero-order chi connectivity index (χ0) is 15.4. The summed E-state index contributed by atoms with van der Waals surface area (Å²) in [7, 11) is 0. The van der Waals surface area contributed by atoms with E-state index < -0.39 is 34.8 Å². The van der Waals surface area contributed by atoms with Gasteiger partial charge in [0, 0.05) is 12.6 Å². The van der Waals surface area contributed by atoms with Gasteiger partial charge in [-0.25, -0.2) is 17.6 Å². The van der Waals surface area contributed by atoms with Gasteiger partial charge < -0.3 is 10.1 Å². The van der Waals surface area contributed by atoms with Crippen molar-refractivity contribution < 1.29 is 22.3 Å². The van der Waals surface area contributed by atoms with Crippen LogP contribution in [0.2, 0.25) is 0 Å². The average Bonchev–Trinajstić information content (AvgIpc) is 2.42. The molecule has 2 aromatic rings. The molecule has 0 aliphatic rings. The first-order valence-electron chi connectivity index (χ1n) is 6.32. The minimum atomic E-state index is -1.04. The van der Waals surface area contributed by atoms with Gasteiger partial charge in [0.05, 0.1) is 0 Å². The van der Waals surface area contributed by atoms with E-state index in [2.05, 4.69) is 5.32 Å². The van der Waals surface area contributed by atoms with E-state index in [0.717, 1.165) is 24.3 Å². The number of rotatable bonds is 5. The SMILES string of the molecule is CCNCc1cc(F)c(Oc2ccc(F)cc2F)c(F)c1. The van der Waals surface area contributed by atoms with Crippen molar-refractivity contribution in [2.45, 2.75) is 13.5 Å². The van der Waals surface area contributed by atoms with Crippen LogP contribution in [-0.4, -0.2) is 6.54 Å². The van der Waals surface area contributed by atoms with Gasteiger partial charge in [0.15, 0.2) is 29.0 Å². The Morgan fingerprint density at radius 1 is 0.952 bits per heavy atom. The van der Waals surface area contributed by atoms with Gasteiger partial charge in [0.2, 0.25) is 0 Å². The van der Waals surface area contributed by atoms with Crippen molar-refractivity contribution in [2.75, 3.05) is 6.54 Å². The predicted molar refractivity (Wildman–Crippen MR) is 70.2 cm³/mol. The zero-order valence-corrected chi connectivity index (χ0v) is 11.2. The highest BCUT2D eigenvalue weighted by Crippen LogP contribution is 2.30. The molecule has 0 heterocycles. The van der Waals surface area contributed by atoms with E-state index in [1.54, 1.807) is 0 Å². The molecular weight excluding hydrogens is 286 g/mol. The smallest absolute Gasteiger partial charge is 0.198 e. The third-order valence-electron chi connectivity index (χ3n) is 2.74. The largest absolute Gasteiger partial charge is 0.448 e. The normalized spacial score (nSPS) is 10.7. The molecule has 0 aliphatic carbocycles. The first-order chi connectivity index (χ1) is 10.0. The molecular formula is C15H13F4NO. The first kappa shape index (κ1) is 15.3. The van der Waals surface area contributed by atoms with Crippen molar-refractivity contribution in [1.29, 1.82) is 0 Å². The summed E-state index contributed by atoms with van der Waals surface area (Å²) in [5, 5.41) is 2.93. The minimum Gasteiger partial charge on any atom is -0.448 e. The molecule has 0 bridgehead atoms. The fourth-order valence-electron chi connectivity index (χ4n) is 1.75. The predicted octanol–water partition coefficient (Wildman–Crippen LogP) is 4.14. The van der Waals surface area contributed by atoms with Gasteiger partial charge in [-0.1, -0.05) is 6.92 Å². The Bertz CT molecular complexity index is 623. The van der Waals surface area contributed by atoms with Crippen LogP contribution >= 0.6 is 0 Å². The van der Waals surface area contributed by atoms with Crippen LogP contribution in [0.15, 0.2) is 30.3 Å². The van der Waals surface area contributed by atoms with Gasteiger partial charge in [0.1, 0.15) is 5.82 Å². The van der Waals surface area contributed by atoms with E-state index in [4.69, 9.17) is 4.74 Å². The molecule has 2 aromatic carbocycles. The lowest BCUT2D eigenvalue weighted by Crippen LogP contribution is -2.12. The molecule has 112 valence electrons. The van der Waals surface area contributed by atoms with E-state index in [1.165, 1.54) is 0 Å². The number of ether oxygens (including phenoxy) is 1. The van der Waals surface area contributed by atoms with Gasteiger partial charge in [0.25, 0.3) is 0 Å². The Labute approximate surface area is 119 Å².